The third-order valence-electron chi connectivity index (χ3n) is 11.1. The van der Waals surface area contributed by atoms with Crippen LogP contribution in [0.5, 0.6) is 0 Å². The van der Waals surface area contributed by atoms with Crippen molar-refractivity contribution in [2.45, 2.75) is 19.3 Å². The Bertz CT molecular complexity index is 2770. The van der Waals surface area contributed by atoms with Gasteiger partial charge in [-0.2, -0.15) is 0 Å². The molecule has 1 aliphatic rings. The molecule has 0 spiro atoms. The number of hydrogen-bond donors (Lipinski definition) is 0. The fourth-order valence-corrected chi connectivity index (χ4v) is 9.69. The van der Waals surface area contributed by atoms with Crippen molar-refractivity contribution in [3.05, 3.63) is 199 Å². The minimum atomic E-state index is -0.0536. The minimum Gasteiger partial charge on any atom is -0.311 e. The van der Waals surface area contributed by atoms with Gasteiger partial charge in [0.15, 0.2) is 0 Å². The Morgan fingerprint density at radius 2 is 0.906 bits per heavy atom. The zero-order valence-electron chi connectivity index (χ0n) is 29.8. The van der Waals surface area contributed by atoms with Gasteiger partial charge in [-0.1, -0.05) is 147 Å². The Morgan fingerprint density at radius 1 is 0.415 bits per heavy atom. The Hall–Kier alpha value is -6.22. The summed E-state index contributed by atoms with van der Waals surface area (Å²) < 4.78 is 1.37. The van der Waals surface area contributed by atoms with Gasteiger partial charge in [-0.05, 0) is 121 Å². The van der Waals surface area contributed by atoms with Gasteiger partial charge in [-0.25, -0.2) is 0 Å². The van der Waals surface area contributed by atoms with Gasteiger partial charge in [-0.15, -0.1) is 11.3 Å². The molecule has 1 aromatic heterocycles. The molecule has 1 nitrogen and oxygen atoms in total. The predicted octanol–water partition coefficient (Wildman–Crippen LogP) is 14.8. The Morgan fingerprint density at radius 3 is 1.57 bits per heavy atom. The predicted molar refractivity (Wildman–Crippen MR) is 228 cm³/mol. The summed E-state index contributed by atoms with van der Waals surface area (Å²) in [6.45, 7) is 4.77. The van der Waals surface area contributed by atoms with E-state index in [9.17, 15) is 0 Å². The van der Waals surface area contributed by atoms with Crippen molar-refractivity contribution in [2.24, 2.45) is 0 Å². The highest BCUT2D eigenvalue weighted by molar-refractivity contribution is 7.22. The first-order chi connectivity index (χ1) is 26.0. The standard InChI is InChI=1S/C51H37NS/c1-51(2)47-33-41(24-31-45(47)50-49(51)46-14-8-9-15-48(46)53-50)38-22-29-44(30-23-38)52(42-25-18-36(19-26-42)34-10-4-3-5-11-34)43-27-20-37(21-28-43)40-17-16-35-12-6-7-13-39(35)32-40/h3-33H,1-2H3. The second kappa shape index (κ2) is 12.5. The van der Waals surface area contributed by atoms with Gasteiger partial charge in [0.2, 0.25) is 0 Å². The van der Waals surface area contributed by atoms with E-state index in [0.717, 1.165) is 17.1 Å². The van der Waals surface area contributed by atoms with Crippen molar-refractivity contribution in [3.63, 3.8) is 0 Å². The lowest BCUT2D eigenvalue weighted by molar-refractivity contribution is 0.667. The first-order valence-corrected chi connectivity index (χ1v) is 19.2. The molecular formula is C51H37NS. The monoisotopic (exact) mass is 695 g/mol. The van der Waals surface area contributed by atoms with Crippen LogP contribution in [0.25, 0.3) is 64.7 Å². The normalized spacial score (nSPS) is 12.9. The van der Waals surface area contributed by atoms with E-state index in [1.807, 2.05) is 11.3 Å². The van der Waals surface area contributed by atoms with Crippen molar-refractivity contribution < 1.29 is 0 Å². The molecule has 0 amide bonds. The molecule has 0 bridgehead atoms. The highest BCUT2D eigenvalue weighted by Crippen LogP contribution is 2.56. The van der Waals surface area contributed by atoms with Crippen LogP contribution in [-0.4, -0.2) is 0 Å². The molecule has 0 aliphatic heterocycles. The molecule has 0 radical (unpaired) electrons. The highest BCUT2D eigenvalue weighted by atomic mass is 32.1. The quantitative estimate of drug-likeness (QED) is 0.167. The fourth-order valence-electron chi connectivity index (χ4n) is 8.28. The summed E-state index contributed by atoms with van der Waals surface area (Å²) in [6.07, 6.45) is 0. The van der Waals surface area contributed by atoms with Gasteiger partial charge in [0.1, 0.15) is 0 Å². The SMILES string of the molecule is CC1(C)c2cc(-c3ccc(N(c4ccc(-c5ccccc5)cc4)c4ccc(-c5ccc6ccccc6c5)cc4)cc3)ccc2-c2sc3ccccc3c21. The van der Waals surface area contributed by atoms with E-state index in [1.54, 1.807) is 0 Å². The van der Waals surface area contributed by atoms with E-state index in [-0.39, 0.29) is 5.41 Å². The number of thiophene rings is 1. The summed E-state index contributed by atoms with van der Waals surface area (Å²) in [5.41, 5.74) is 14.9. The minimum absolute atomic E-state index is 0.0536. The average Bonchev–Trinajstić information content (AvgIpc) is 3.72. The highest BCUT2D eigenvalue weighted by Gasteiger charge is 2.38. The lowest BCUT2D eigenvalue weighted by Gasteiger charge is -2.26. The summed E-state index contributed by atoms with van der Waals surface area (Å²) in [5, 5.41) is 3.91. The van der Waals surface area contributed by atoms with E-state index in [0.29, 0.717) is 0 Å². The Labute approximate surface area is 315 Å². The molecule has 252 valence electrons. The molecule has 2 heteroatoms. The number of fused-ring (bicyclic) bond motifs is 6. The maximum absolute atomic E-state index is 2.43. The molecule has 0 unspecified atom stereocenters. The second-order valence-electron chi connectivity index (χ2n) is 14.6. The lowest BCUT2D eigenvalue weighted by Crippen LogP contribution is -2.15. The molecule has 0 saturated heterocycles. The van der Waals surface area contributed by atoms with E-state index >= 15 is 0 Å². The first-order valence-electron chi connectivity index (χ1n) is 18.3. The maximum Gasteiger partial charge on any atom is 0.0462 e. The molecule has 0 saturated carbocycles. The van der Waals surface area contributed by atoms with Crippen molar-refractivity contribution in [2.75, 3.05) is 4.90 Å². The zero-order chi connectivity index (χ0) is 35.5. The number of benzene rings is 8. The van der Waals surface area contributed by atoms with Crippen LogP contribution in [0.15, 0.2) is 188 Å². The number of hydrogen-bond acceptors (Lipinski definition) is 2. The number of anilines is 3. The van der Waals surface area contributed by atoms with Gasteiger partial charge in [0.05, 0.1) is 0 Å². The van der Waals surface area contributed by atoms with Crippen molar-refractivity contribution >= 4 is 49.3 Å². The number of nitrogens with zero attached hydrogens (tertiary/aromatic N) is 1. The summed E-state index contributed by atoms with van der Waals surface area (Å²) in [7, 11) is 0. The molecule has 53 heavy (non-hydrogen) atoms. The van der Waals surface area contributed by atoms with Gasteiger partial charge >= 0.3 is 0 Å². The molecule has 10 rings (SSSR count). The van der Waals surface area contributed by atoms with Crippen molar-refractivity contribution in [1.29, 1.82) is 0 Å². The van der Waals surface area contributed by atoms with Crippen LogP contribution in [-0.2, 0) is 5.41 Å². The molecule has 1 aliphatic carbocycles. The third kappa shape index (κ3) is 5.37. The van der Waals surface area contributed by atoms with Crippen LogP contribution in [0, 0.1) is 0 Å². The van der Waals surface area contributed by atoms with E-state index in [4.69, 9.17) is 0 Å². The summed E-state index contributed by atoms with van der Waals surface area (Å²) in [5.74, 6) is 0. The van der Waals surface area contributed by atoms with Crippen LogP contribution < -0.4 is 4.90 Å². The molecule has 0 fully saturated rings. The van der Waals surface area contributed by atoms with E-state index in [2.05, 4.69) is 207 Å². The Balaban J connectivity index is 1.01. The van der Waals surface area contributed by atoms with Crippen LogP contribution in [0.3, 0.4) is 0 Å². The van der Waals surface area contributed by atoms with Crippen LogP contribution in [0.2, 0.25) is 0 Å². The van der Waals surface area contributed by atoms with Crippen LogP contribution >= 0.6 is 11.3 Å². The largest absolute Gasteiger partial charge is 0.311 e. The summed E-state index contributed by atoms with van der Waals surface area (Å²) in [4.78, 5) is 3.78. The van der Waals surface area contributed by atoms with Gasteiger partial charge in [0.25, 0.3) is 0 Å². The van der Waals surface area contributed by atoms with Crippen molar-refractivity contribution in [1.82, 2.24) is 0 Å². The van der Waals surface area contributed by atoms with Gasteiger partial charge in [0, 0.05) is 32.1 Å². The molecule has 1 heterocycles. The summed E-state index contributed by atoms with van der Waals surface area (Å²) >= 11 is 1.93. The molecule has 0 N–H and O–H groups in total. The van der Waals surface area contributed by atoms with E-state index in [1.165, 1.54) is 75.8 Å². The number of rotatable bonds is 6. The average molecular weight is 696 g/mol. The van der Waals surface area contributed by atoms with Crippen molar-refractivity contribution in [3.8, 4) is 43.8 Å². The van der Waals surface area contributed by atoms with Gasteiger partial charge < -0.3 is 4.90 Å². The molecule has 0 atom stereocenters. The third-order valence-corrected chi connectivity index (χ3v) is 12.3. The fraction of sp³-hybridized carbons (Fsp3) is 0.0588. The molecule has 9 aromatic rings. The zero-order valence-corrected chi connectivity index (χ0v) is 30.6. The smallest absolute Gasteiger partial charge is 0.0462 e. The molecular weight excluding hydrogens is 659 g/mol. The first kappa shape index (κ1) is 31.5. The van der Waals surface area contributed by atoms with Crippen LogP contribution in [0.1, 0.15) is 25.0 Å². The van der Waals surface area contributed by atoms with E-state index < -0.39 is 0 Å². The summed E-state index contributed by atoms with van der Waals surface area (Å²) in [6, 6.07) is 68.8. The molecule has 8 aromatic carbocycles. The topological polar surface area (TPSA) is 3.24 Å². The lowest BCUT2D eigenvalue weighted by atomic mass is 9.80. The second-order valence-corrected chi connectivity index (χ2v) is 15.6. The Kier molecular flexibility index (Phi) is 7.42. The maximum atomic E-state index is 2.43. The van der Waals surface area contributed by atoms with Gasteiger partial charge in [-0.3, -0.25) is 0 Å². The van der Waals surface area contributed by atoms with Crippen LogP contribution in [0.4, 0.5) is 17.1 Å².